The third-order valence-electron chi connectivity index (χ3n) is 2.41. The average Bonchev–Trinajstić information content (AvgIpc) is 2.41. The van der Waals surface area contributed by atoms with Crippen LogP contribution in [0.25, 0.3) is 0 Å². The Bertz CT molecular complexity index is 330. The fraction of sp³-hybridized carbons (Fsp3) is 0.538. The summed E-state index contributed by atoms with van der Waals surface area (Å²) in [5, 5.41) is 11.3. The molecule has 0 fully saturated rings. The highest BCUT2D eigenvalue weighted by Crippen LogP contribution is 2.00. The molecule has 1 aromatic heterocycles. The maximum absolute atomic E-state index is 11.5. The van der Waals surface area contributed by atoms with E-state index in [0.29, 0.717) is 26.2 Å². The van der Waals surface area contributed by atoms with Gasteiger partial charge < -0.3 is 15.2 Å². The lowest BCUT2D eigenvalue weighted by Gasteiger charge is -2.05. The molecule has 0 saturated heterocycles. The van der Waals surface area contributed by atoms with Crippen molar-refractivity contribution in [3.05, 3.63) is 30.1 Å². The lowest BCUT2D eigenvalue weighted by Crippen LogP contribution is -2.25. The van der Waals surface area contributed by atoms with Crippen LogP contribution in [0.4, 0.5) is 0 Å². The lowest BCUT2D eigenvalue weighted by atomic mass is 10.1. The molecule has 2 N–H and O–H groups in total. The fourth-order valence-electron chi connectivity index (χ4n) is 1.46. The highest BCUT2D eigenvalue weighted by molar-refractivity contribution is 5.76. The molecule has 0 unspecified atom stereocenters. The van der Waals surface area contributed by atoms with Gasteiger partial charge in [-0.25, -0.2) is 0 Å². The quantitative estimate of drug-likeness (QED) is 0.629. The van der Waals surface area contributed by atoms with Gasteiger partial charge in [-0.3, -0.25) is 9.78 Å². The Hall–Kier alpha value is -1.46. The first-order valence-electron chi connectivity index (χ1n) is 6.17. The Balaban J connectivity index is 2.01. The largest absolute Gasteiger partial charge is 0.394 e. The van der Waals surface area contributed by atoms with Gasteiger partial charge in [-0.15, -0.1) is 0 Å². The number of nitrogens with zero attached hydrogens (tertiary/aromatic N) is 1. The molecule has 0 aliphatic rings. The summed E-state index contributed by atoms with van der Waals surface area (Å²) < 4.78 is 5.09. The number of hydrogen-bond donors (Lipinski definition) is 2. The normalized spacial score (nSPS) is 10.3. The van der Waals surface area contributed by atoms with E-state index in [4.69, 9.17) is 9.84 Å². The Kier molecular flexibility index (Phi) is 7.75. The number of aliphatic hydroxyl groups excluding tert-OH is 1. The molecule has 0 aliphatic heterocycles. The van der Waals surface area contributed by atoms with Crippen LogP contribution in [0.15, 0.2) is 24.5 Å². The molecule has 0 spiro atoms. The zero-order chi connectivity index (χ0) is 13.1. The maximum Gasteiger partial charge on any atom is 0.220 e. The first-order chi connectivity index (χ1) is 8.83. The molecule has 18 heavy (non-hydrogen) atoms. The molecule has 1 amide bonds. The summed E-state index contributed by atoms with van der Waals surface area (Å²) >= 11 is 0. The molecule has 0 atom stereocenters. The van der Waals surface area contributed by atoms with E-state index in [-0.39, 0.29) is 12.5 Å². The molecular formula is C13H20N2O3. The van der Waals surface area contributed by atoms with E-state index in [2.05, 4.69) is 10.3 Å². The number of aryl methyl sites for hydroxylation is 1. The highest BCUT2D eigenvalue weighted by Gasteiger charge is 2.01. The number of hydrogen-bond acceptors (Lipinski definition) is 4. The zero-order valence-electron chi connectivity index (χ0n) is 10.5. The van der Waals surface area contributed by atoms with Crippen LogP contribution >= 0.6 is 0 Å². The summed E-state index contributed by atoms with van der Waals surface area (Å²) in [7, 11) is 0. The Morgan fingerprint density at radius 3 is 2.83 bits per heavy atom. The van der Waals surface area contributed by atoms with E-state index in [1.807, 2.05) is 12.1 Å². The fourth-order valence-corrected chi connectivity index (χ4v) is 1.46. The molecular weight excluding hydrogens is 232 g/mol. The standard InChI is InChI=1S/C13H20N2O3/c16-9-11-18-10-1-6-15-13(17)3-2-12-4-7-14-8-5-12/h4-5,7-8,16H,1-3,6,9-11H2,(H,15,17). The number of aromatic nitrogens is 1. The van der Waals surface area contributed by atoms with Crippen LogP contribution in [0.3, 0.4) is 0 Å². The second kappa shape index (κ2) is 9.56. The highest BCUT2D eigenvalue weighted by atomic mass is 16.5. The second-order valence-electron chi connectivity index (χ2n) is 3.89. The molecule has 0 aromatic carbocycles. The van der Waals surface area contributed by atoms with Gasteiger partial charge >= 0.3 is 0 Å². The number of nitrogens with one attached hydrogen (secondary N) is 1. The minimum absolute atomic E-state index is 0.0400. The third-order valence-corrected chi connectivity index (χ3v) is 2.41. The van der Waals surface area contributed by atoms with Crippen LogP contribution in [0.5, 0.6) is 0 Å². The first-order valence-corrected chi connectivity index (χ1v) is 6.17. The average molecular weight is 252 g/mol. The number of carbonyl (C=O) groups excluding carboxylic acids is 1. The monoisotopic (exact) mass is 252 g/mol. The first kappa shape index (κ1) is 14.6. The minimum Gasteiger partial charge on any atom is -0.394 e. The van der Waals surface area contributed by atoms with Gasteiger partial charge in [0.25, 0.3) is 0 Å². The molecule has 5 heteroatoms. The molecule has 100 valence electrons. The summed E-state index contributed by atoms with van der Waals surface area (Å²) in [5.41, 5.74) is 1.12. The Morgan fingerprint density at radius 1 is 1.33 bits per heavy atom. The number of ether oxygens (including phenoxy) is 1. The van der Waals surface area contributed by atoms with Crippen molar-refractivity contribution in [1.29, 1.82) is 0 Å². The summed E-state index contributed by atoms with van der Waals surface area (Å²) in [6.45, 7) is 1.57. The summed E-state index contributed by atoms with van der Waals surface area (Å²) in [6, 6.07) is 3.83. The van der Waals surface area contributed by atoms with Gasteiger partial charge in [-0.2, -0.15) is 0 Å². The van der Waals surface area contributed by atoms with Crippen LogP contribution in [0.2, 0.25) is 0 Å². The van der Waals surface area contributed by atoms with Gasteiger partial charge in [0.05, 0.1) is 13.2 Å². The molecule has 0 saturated carbocycles. The smallest absolute Gasteiger partial charge is 0.220 e. The summed E-state index contributed by atoms with van der Waals surface area (Å²) in [6.07, 6.45) is 5.44. The van der Waals surface area contributed by atoms with E-state index in [0.717, 1.165) is 18.4 Å². The number of carbonyl (C=O) groups is 1. The summed E-state index contributed by atoms with van der Waals surface area (Å²) in [4.78, 5) is 15.4. The number of rotatable bonds is 9. The van der Waals surface area contributed by atoms with Crippen LogP contribution in [-0.2, 0) is 16.0 Å². The van der Waals surface area contributed by atoms with Gasteiger partial charge in [0.2, 0.25) is 5.91 Å². The van der Waals surface area contributed by atoms with E-state index in [1.54, 1.807) is 12.4 Å². The van der Waals surface area contributed by atoms with Crippen molar-refractivity contribution in [3.8, 4) is 0 Å². The van der Waals surface area contributed by atoms with Gasteiger partial charge in [0.15, 0.2) is 0 Å². The number of aliphatic hydroxyl groups is 1. The number of pyridine rings is 1. The SMILES string of the molecule is O=C(CCc1ccncc1)NCCCOCCO. The van der Waals surface area contributed by atoms with Gasteiger partial charge in [-0.05, 0) is 30.5 Å². The predicted molar refractivity (Wildman–Crippen MR) is 68.1 cm³/mol. The molecule has 5 nitrogen and oxygen atoms in total. The number of amides is 1. The van der Waals surface area contributed by atoms with E-state index in [1.165, 1.54) is 0 Å². The van der Waals surface area contributed by atoms with E-state index < -0.39 is 0 Å². The molecule has 1 aromatic rings. The third kappa shape index (κ3) is 6.98. The molecule has 0 bridgehead atoms. The molecule has 1 rings (SSSR count). The topological polar surface area (TPSA) is 71.5 Å². The van der Waals surface area contributed by atoms with Crippen LogP contribution in [-0.4, -0.2) is 42.4 Å². The van der Waals surface area contributed by atoms with Crippen molar-refractivity contribution in [1.82, 2.24) is 10.3 Å². The van der Waals surface area contributed by atoms with Crippen LogP contribution in [0.1, 0.15) is 18.4 Å². The van der Waals surface area contributed by atoms with Crippen molar-refractivity contribution in [3.63, 3.8) is 0 Å². The Morgan fingerprint density at radius 2 is 2.11 bits per heavy atom. The second-order valence-corrected chi connectivity index (χ2v) is 3.89. The molecule has 0 aliphatic carbocycles. The Labute approximate surface area is 107 Å². The maximum atomic E-state index is 11.5. The zero-order valence-corrected chi connectivity index (χ0v) is 10.5. The van der Waals surface area contributed by atoms with Gasteiger partial charge in [0.1, 0.15) is 0 Å². The lowest BCUT2D eigenvalue weighted by molar-refractivity contribution is -0.121. The van der Waals surface area contributed by atoms with Crippen molar-refractivity contribution < 1.29 is 14.6 Å². The van der Waals surface area contributed by atoms with Gasteiger partial charge in [0, 0.05) is 32.0 Å². The van der Waals surface area contributed by atoms with Crippen molar-refractivity contribution in [2.75, 3.05) is 26.4 Å². The van der Waals surface area contributed by atoms with Crippen molar-refractivity contribution >= 4 is 5.91 Å². The summed E-state index contributed by atoms with van der Waals surface area (Å²) in [5.74, 6) is 0.0500. The van der Waals surface area contributed by atoms with Gasteiger partial charge in [-0.1, -0.05) is 0 Å². The van der Waals surface area contributed by atoms with Crippen molar-refractivity contribution in [2.45, 2.75) is 19.3 Å². The predicted octanol–water partition coefficient (Wildman–Crippen LogP) is 0.529. The van der Waals surface area contributed by atoms with E-state index >= 15 is 0 Å². The van der Waals surface area contributed by atoms with E-state index in [9.17, 15) is 4.79 Å². The van der Waals surface area contributed by atoms with Crippen LogP contribution < -0.4 is 5.32 Å². The molecule has 0 radical (unpaired) electrons. The van der Waals surface area contributed by atoms with Crippen molar-refractivity contribution in [2.24, 2.45) is 0 Å². The minimum atomic E-state index is 0.0400. The molecule has 1 heterocycles. The van der Waals surface area contributed by atoms with Crippen LogP contribution in [0, 0.1) is 0 Å².